The predicted molar refractivity (Wildman–Crippen MR) is 75.6 cm³/mol. The smallest absolute Gasteiger partial charge is 0.251 e. The van der Waals surface area contributed by atoms with Gasteiger partial charge >= 0.3 is 0 Å². The number of nitrogens with two attached hydrogens (primary N) is 1. The normalized spacial score (nSPS) is 15.9. The average Bonchev–Trinajstić information content (AvgIpc) is 2.35. The van der Waals surface area contributed by atoms with Gasteiger partial charge in [-0.1, -0.05) is 40.0 Å². The molecule has 0 spiro atoms. The van der Waals surface area contributed by atoms with Gasteiger partial charge in [0.1, 0.15) is 6.10 Å². The maximum atomic E-state index is 11.8. The minimum atomic E-state index is -1.27. The molecule has 1 amide bonds. The Balaban J connectivity index is 4.42. The lowest BCUT2D eigenvalue weighted by atomic mass is 9.98. The molecule has 0 aliphatic heterocycles. The van der Waals surface area contributed by atoms with Crippen LogP contribution in [-0.4, -0.2) is 35.0 Å². The number of unbranched alkanes of at least 4 members (excludes halogenated alkanes) is 2. The third kappa shape index (κ3) is 6.68. The topological polar surface area (TPSA) is 92.4 Å². The summed E-state index contributed by atoms with van der Waals surface area (Å²) in [5.41, 5.74) is 5.74. The molecule has 0 aliphatic carbocycles. The van der Waals surface area contributed by atoms with Crippen molar-refractivity contribution in [2.45, 2.75) is 71.6 Å². The SMILES string of the molecule is CCCCC[C@H](NC(=O)[C@@H](O)[C@@H](N)C(C)C)C(C)=O. The Morgan fingerprint density at radius 3 is 2.26 bits per heavy atom. The molecule has 0 aromatic carbocycles. The van der Waals surface area contributed by atoms with Crippen molar-refractivity contribution >= 4 is 11.7 Å². The number of aliphatic hydroxyl groups is 1. The van der Waals surface area contributed by atoms with Crippen LogP contribution < -0.4 is 11.1 Å². The van der Waals surface area contributed by atoms with E-state index in [1.807, 2.05) is 13.8 Å². The number of aliphatic hydroxyl groups excluding tert-OH is 1. The molecular weight excluding hydrogens is 244 g/mol. The highest BCUT2D eigenvalue weighted by molar-refractivity contribution is 5.89. The summed E-state index contributed by atoms with van der Waals surface area (Å²) in [5, 5.41) is 12.4. The van der Waals surface area contributed by atoms with Gasteiger partial charge < -0.3 is 16.2 Å². The first kappa shape index (κ1) is 18.1. The van der Waals surface area contributed by atoms with Crippen LogP contribution in [0.1, 0.15) is 53.4 Å². The van der Waals surface area contributed by atoms with Crippen molar-refractivity contribution in [1.29, 1.82) is 0 Å². The van der Waals surface area contributed by atoms with Gasteiger partial charge in [-0.3, -0.25) is 9.59 Å². The van der Waals surface area contributed by atoms with Gasteiger partial charge in [0.15, 0.2) is 5.78 Å². The van der Waals surface area contributed by atoms with Gasteiger partial charge in [-0.15, -0.1) is 0 Å². The van der Waals surface area contributed by atoms with E-state index >= 15 is 0 Å². The summed E-state index contributed by atoms with van der Waals surface area (Å²) in [6, 6.07) is -1.14. The maximum absolute atomic E-state index is 11.8. The number of carbonyl (C=O) groups is 2. The van der Waals surface area contributed by atoms with E-state index in [0.29, 0.717) is 6.42 Å². The fraction of sp³-hybridized carbons (Fsp3) is 0.857. The van der Waals surface area contributed by atoms with Crippen molar-refractivity contribution in [2.75, 3.05) is 0 Å². The van der Waals surface area contributed by atoms with Crippen molar-refractivity contribution < 1.29 is 14.7 Å². The third-order valence-electron chi connectivity index (χ3n) is 3.31. The molecule has 0 unspecified atom stereocenters. The molecule has 0 aliphatic rings. The molecule has 0 bridgehead atoms. The number of hydrogen-bond donors (Lipinski definition) is 3. The number of ketones is 1. The van der Waals surface area contributed by atoms with Crippen molar-refractivity contribution in [2.24, 2.45) is 11.7 Å². The molecule has 0 aromatic rings. The summed E-state index contributed by atoms with van der Waals surface area (Å²) in [7, 11) is 0. The van der Waals surface area contributed by atoms with E-state index in [9.17, 15) is 14.7 Å². The average molecular weight is 272 g/mol. The van der Waals surface area contributed by atoms with Crippen molar-refractivity contribution in [1.82, 2.24) is 5.32 Å². The van der Waals surface area contributed by atoms with Crippen molar-refractivity contribution in [3.8, 4) is 0 Å². The predicted octanol–water partition coefficient (Wildman–Crippen LogP) is 0.985. The fourth-order valence-electron chi connectivity index (χ4n) is 1.77. The van der Waals surface area contributed by atoms with Gasteiger partial charge in [-0.2, -0.15) is 0 Å². The molecule has 0 heterocycles. The molecule has 0 saturated carbocycles. The Kier molecular flexibility index (Phi) is 8.59. The zero-order chi connectivity index (χ0) is 15.0. The highest BCUT2D eigenvalue weighted by Gasteiger charge is 2.27. The molecule has 0 fully saturated rings. The third-order valence-corrected chi connectivity index (χ3v) is 3.31. The highest BCUT2D eigenvalue weighted by atomic mass is 16.3. The highest BCUT2D eigenvalue weighted by Crippen LogP contribution is 2.07. The molecule has 3 atom stereocenters. The Morgan fingerprint density at radius 1 is 1.26 bits per heavy atom. The number of carbonyl (C=O) groups excluding carboxylic acids is 2. The minimum Gasteiger partial charge on any atom is -0.382 e. The van der Waals surface area contributed by atoms with E-state index in [1.165, 1.54) is 6.92 Å². The summed E-state index contributed by atoms with van der Waals surface area (Å²) in [5.74, 6) is -0.649. The lowest BCUT2D eigenvalue weighted by Gasteiger charge is -2.24. The summed E-state index contributed by atoms with van der Waals surface area (Å²) in [4.78, 5) is 23.3. The molecule has 5 nitrogen and oxygen atoms in total. The van der Waals surface area contributed by atoms with E-state index in [0.717, 1.165) is 19.3 Å². The first-order valence-electron chi connectivity index (χ1n) is 7.05. The van der Waals surface area contributed by atoms with Gasteiger partial charge in [-0.05, 0) is 19.3 Å². The van der Waals surface area contributed by atoms with Gasteiger partial charge in [0, 0.05) is 6.04 Å². The molecule has 4 N–H and O–H groups in total. The fourth-order valence-corrected chi connectivity index (χ4v) is 1.77. The van der Waals surface area contributed by atoms with Crippen LogP contribution in [0.25, 0.3) is 0 Å². The lowest BCUT2D eigenvalue weighted by molar-refractivity contribution is -0.134. The van der Waals surface area contributed by atoms with Crippen LogP contribution in [0.4, 0.5) is 0 Å². The Labute approximate surface area is 115 Å². The summed E-state index contributed by atoms with van der Waals surface area (Å²) >= 11 is 0. The Hall–Kier alpha value is -0.940. The Morgan fingerprint density at radius 2 is 1.84 bits per heavy atom. The zero-order valence-corrected chi connectivity index (χ0v) is 12.5. The van der Waals surface area contributed by atoms with E-state index in [2.05, 4.69) is 12.2 Å². The molecule has 19 heavy (non-hydrogen) atoms. The molecule has 0 rings (SSSR count). The molecule has 0 aromatic heterocycles. The molecule has 0 saturated heterocycles. The zero-order valence-electron chi connectivity index (χ0n) is 12.5. The second-order valence-electron chi connectivity index (χ2n) is 5.43. The van der Waals surface area contributed by atoms with E-state index in [4.69, 9.17) is 5.73 Å². The van der Waals surface area contributed by atoms with Crippen molar-refractivity contribution in [3.05, 3.63) is 0 Å². The minimum absolute atomic E-state index is 0.00313. The lowest BCUT2D eigenvalue weighted by Crippen LogP contribution is -2.52. The first-order chi connectivity index (χ1) is 8.81. The van der Waals surface area contributed by atoms with Crippen LogP contribution in [0, 0.1) is 5.92 Å². The summed E-state index contributed by atoms with van der Waals surface area (Å²) in [6.45, 7) is 7.20. The number of rotatable bonds is 9. The molecule has 5 heteroatoms. The molecule has 112 valence electrons. The van der Waals surface area contributed by atoms with E-state index < -0.39 is 24.1 Å². The number of nitrogens with one attached hydrogen (secondary N) is 1. The van der Waals surface area contributed by atoms with E-state index in [1.54, 1.807) is 0 Å². The Bertz CT molecular complexity index is 292. The summed E-state index contributed by atoms with van der Waals surface area (Å²) < 4.78 is 0. The standard InChI is InChI=1S/C14H28N2O3/c1-5-6-7-8-11(10(4)17)16-14(19)13(18)12(15)9(2)3/h9,11-13,18H,5-8,15H2,1-4H3,(H,16,19)/t11-,12-,13-/m0/s1. The largest absolute Gasteiger partial charge is 0.382 e. The summed E-state index contributed by atoms with van der Waals surface area (Å²) in [6.07, 6.45) is 2.30. The van der Waals surface area contributed by atoms with Crippen LogP contribution in [0.5, 0.6) is 0 Å². The van der Waals surface area contributed by atoms with Crippen LogP contribution in [0.3, 0.4) is 0 Å². The van der Waals surface area contributed by atoms with Crippen LogP contribution in [0.15, 0.2) is 0 Å². The van der Waals surface area contributed by atoms with Gasteiger partial charge in [0.2, 0.25) is 0 Å². The van der Waals surface area contributed by atoms with Gasteiger partial charge in [-0.25, -0.2) is 0 Å². The second-order valence-corrected chi connectivity index (χ2v) is 5.43. The van der Waals surface area contributed by atoms with Gasteiger partial charge in [0.05, 0.1) is 6.04 Å². The monoisotopic (exact) mass is 272 g/mol. The van der Waals surface area contributed by atoms with Crippen LogP contribution in [-0.2, 0) is 9.59 Å². The molecular formula is C14H28N2O3. The van der Waals surface area contributed by atoms with Gasteiger partial charge in [0.25, 0.3) is 5.91 Å². The van der Waals surface area contributed by atoms with Crippen LogP contribution in [0.2, 0.25) is 0 Å². The number of hydrogen-bond acceptors (Lipinski definition) is 4. The van der Waals surface area contributed by atoms with E-state index in [-0.39, 0.29) is 11.7 Å². The maximum Gasteiger partial charge on any atom is 0.251 e. The molecule has 0 radical (unpaired) electrons. The van der Waals surface area contributed by atoms with Crippen molar-refractivity contribution in [3.63, 3.8) is 0 Å². The quantitative estimate of drug-likeness (QED) is 0.546. The number of Topliss-reactive ketones (excluding diaryl/α,β-unsaturated/α-hetero) is 1. The van der Waals surface area contributed by atoms with Crippen LogP contribution >= 0.6 is 0 Å². The number of amides is 1. The second kappa shape index (κ2) is 9.04. The first-order valence-corrected chi connectivity index (χ1v) is 7.05.